The van der Waals surface area contributed by atoms with E-state index in [0.717, 1.165) is 37.2 Å². The van der Waals surface area contributed by atoms with Crippen LogP contribution in [0.2, 0.25) is 0 Å². The van der Waals surface area contributed by atoms with Crippen molar-refractivity contribution < 1.29 is 14.3 Å². The number of ether oxygens (including phenoxy) is 1. The molecule has 5 nitrogen and oxygen atoms in total. The molecular formula is C19H24N2O3. The van der Waals surface area contributed by atoms with E-state index in [-0.39, 0.29) is 23.1 Å². The number of carbonyl (C=O) groups excluding carboxylic acids is 2. The highest BCUT2D eigenvalue weighted by Crippen LogP contribution is 2.43. The fraction of sp³-hybridized carbons (Fsp3) is 0.579. The maximum Gasteiger partial charge on any atom is 0.225 e. The quantitative estimate of drug-likeness (QED) is 0.907. The van der Waals surface area contributed by atoms with Crippen molar-refractivity contribution in [1.82, 2.24) is 4.90 Å². The molecule has 0 aromatic heterocycles. The smallest absolute Gasteiger partial charge is 0.225 e. The molecule has 0 bridgehead atoms. The molecule has 2 fully saturated rings. The van der Waals surface area contributed by atoms with Gasteiger partial charge in [0.15, 0.2) is 0 Å². The van der Waals surface area contributed by atoms with Crippen molar-refractivity contribution in [3.63, 3.8) is 0 Å². The Morgan fingerprint density at radius 1 is 1.33 bits per heavy atom. The van der Waals surface area contributed by atoms with Gasteiger partial charge in [0.2, 0.25) is 11.8 Å². The summed E-state index contributed by atoms with van der Waals surface area (Å²) in [5.74, 6) is 0.131. The zero-order chi connectivity index (χ0) is 16.6. The molecule has 0 radical (unpaired) electrons. The molecular weight excluding hydrogens is 304 g/mol. The lowest BCUT2D eigenvalue weighted by atomic mass is 9.69. The van der Waals surface area contributed by atoms with Crippen molar-refractivity contribution in [1.29, 1.82) is 0 Å². The molecule has 1 aliphatic carbocycles. The Balaban J connectivity index is 1.48. The van der Waals surface area contributed by atoms with Gasteiger partial charge in [-0.3, -0.25) is 9.59 Å². The lowest BCUT2D eigenvalue weighted by Gasteiger charge is -2.43. The van der Waals surface area contributed by atoms with Crippen molar-refractivity contribution in [3.05, 3.63) is 29.8 Å². The second-order valence-electron chi connectivity index (χ2n) is 7.46. The summed E-state index contributed by atoms with van der Waals surface area (Å²) in [7, 11) is 0. The van der Waals surface area contributed by atoms with Crippen LogP contribution in [0.4, 0.5) is 5.69 Å². The summed E-state index contributed by atoms with van der Waals surface area (Å²) in [6.45, 7) is 2.88. The topological polar surface area (TPSA) is 58.6 Å². The Hall–Kier alpha value is -1.88. The Kier molecular flexibility index (Phi) is 4.04. The number of anilines is 1. The molecule has 1 atom stereocenters. The second kappa shape index (κ2) is 6.20. The van der Waals surface area contributed by atoms with Gasteiger partial charge in [-0.1, -0.05) is 24.6 Å². The molecule has 2 aliphatic heterocycles. The molecule has 2 heterocycles. The Bertz CT molecular complexity index is 654. The molecule has 1 saturated heterocycles. The van der Waals surface area contributed by atoms with Crippen LogP contribution in [0, 0.1) is 5.41 Å². The van der Waals surface area contributed by atoms with Gasteiger partial charge in [-0.25, -0.2) is 0 Å². The minimum atomic E-state index is -0.0241. The van der Waals surface area contributed by atoms with Gasteiger partial charge in [-0.2, -0.15) is 0 Å². The molecule has 4 rings (SSSR count). The van der Waals surface area contributed by atoms with Gasteiger partial charge < -0.3 is 15.0 Å². The summed E-state index contributed by atoms with van der Waals surface area (Å²) in [5.41, 5.74) is 2.12. The highest BCUT2D eigenvalue weighted by atomic mass is 16.5. The van der Waals surface area contributed by atoms with E-state index in [0.29, 0.717) is 26.0 Å². The maximum atomic E-state index is 12.9. The first-order chi connectivity index (χ1) is 11.7. The van der Waals surface area contributed by atoms with Crippen LogP contribution in [0.1, 0.15) is 43.6 Å². The number of hydrogen-bond acceptors (Lipinski definition) is 3. The SMILES string of the molecule is O=C1CC(CC(=O)N2CCOCC3(CCC3)C2)c2ccccc2N1. The minimum absolute atomic E-state index is 0.00108. The zero-order valence-electron chi connectivity index (χ0n) is 13.9. The number of carbonyl (C=O) groups is 2. The molecule has 5 heteroatoms. The predicted octanol–water partition coefficient (Wildman–Crippen LogP) is 2.53. The summed E-state index contributed by atoms with van der Waals surface area (Å²) in [5, 5.41) is 2.90. The van der Waals surface area contributed by atoms with E-state index in [4.69, 9.17) is 4.74 Å². The molecule has 2 amide bonds. The number of rotatable bonds is 2. The van der Waals surface area contributed by atoms with Crippen LogP contribution in [0.3, 0.4) is 0 Å². The van der Waals surface area contributed by atoms with Gasteiger partial charge in [0.05, 0.1) is 13.2 Å². The molecule has 1 aromatic rings. The van der Waals surface area contributed by atoms with Crippen LogP contribution in [0.25, 0.3) is 0 Å². The first kappa shape index (κ1) is 15.6. The molecule has 1 spiro atoms. The number of nitrogens with one attached hydrogen (secondary N) is 1. The van der Waals surface area contributed by atoms with E-state index in [1.807, 2.05) is 29.2 Å². The van der Waals surface area contributed by atoms with Crippen molar-refractivity contribution in [2.24, 2.45) is 5.41 Å². The number of hydrogen-bond donors (Lipinski definition) is 1. The van der Waals surface area contributed by atoms with Crippen molar-refractivity contribution in [2.45, 2.75) is 38.0 Å². The lowest BCUT2D eigenvalue weighted by molar-refractivity contribution is -0.133. The predicted molar refractivity (Wildman–Crippen MR) is 90.7 cm³/mol. The van der Waals surface area contributed by atoms with E-state index in [2.05, 4.69) is 5.32 Å². The monoisotopic (exact) mass is 328 g/mol. The Labute approximate surface area is 142 Å². The normalized spacial score (nSPS) is 25.4. The first-order valence-electron chi connectivity index (χ1n) is 8.90. The molecule has 24 heavy (non-hydrogen) atoms. The summed E-state index contributed by atoms with van der Waals surface area (Å²) in [6.07, 6.45) is 4.34. The summed E-state index contributed by atoms with van der Waals surface area (Å²) < 4.78 is 5.74. The fourth-order valence-corrected chi connectivity index (χ4v) is 4.21. The molecule has 1 aromatic carbocycles. The first-order valence-corrected chi connectivity index (χ1v) is 8.90. The van der Waals surface area contributed by atoms with Gasteiger partial charge in [-0.05, 0) is 24.5 Å². The van der Waals surface area contributed by atoms with Crippen LogP contribution in [-0.4, -0.2) is 43.0 Å². The van der Waals surface area contributed by atoms with E-state index in [9.17, 15) is 9.59 Å². The number of nitrogens with zero attached hydrogens (tertiary/aromatic N) is 1. The molecule has 128 valence electrons. The van der Waals surface area contributed by atoms with Crippen LogP contribution in [0.5, 0.6) is 0 Å². The average Bonchev–Trinajstić information content (AvgIpc) is 2.78. The molecule has 1 saturated carbocycles. The van der Waals surface area contributed by atoms with Gasteiger partial charge in [0.1, 0.15) is 0 Å². The lowest BCUT2D eigenvalue weighted by Crippen LogP contribution is -2.45. The third-order valence-electron chi connectivity index (χ3n) is 5.73. The summed E-state index contributed by atoms with van der Waals surface area (Å²) in [4.78, 5) is 26.8. The highest BCUT2D eigenvalue weighted by molar-refractivity contribution is 5.95. The molecule has 1 N–H and O–H groups in total. The molecule has 1 unspecified atom stereocenters. The minimum Gasteiger partial charge on any atom is -0.379 e. The fourth-order valence-electron chi connectivity index (χ4n) is 4.21. The third kappa shape index (κ3) is 2.93. The van der Waals surface area contributed by atoms with Crippen molar-refractivity contribution in [3.8, 4) is 0 Å². The van der Waals surface area contributed by atoms with E-state index in [1.54, 1.807) is 0 Å². The molecule has 3 aliphatic rings. The number of amides is 2. The van der Waals surface area contributed by atoms with Crippen LogP contribution >= 0.6 is 0 Å². The van der Waals surface area contributed by atoms with Gasteiger partial charge in [0, 0.05) is 43.0 Å². The summed E-state index contributed by atoms with van der Waals surface area (Å²) in [6, 6.07) is 7.81. The Morgan fingerprint density at radius 3 is 2.96 bits per heavy atom. The van der Waals surface area contributed by atoms with Crippen molar-refractivity contribution >= 4 is 17.5 Å². The zero-order valence-corrected chi connectivity index (χ0v) is 13.9. The number of fused-ring (bicyclic) bond motifs is 1. The highest BCUT2D eigenvalue weighted by Gasteiger charge is 2.41. The van der Waals surface area contributed by atoms with Crippen LogP contribution in [0.15, 0.2) is 24.3 Å². The van der Waals surface area contributed by atoms with E-state index in [1.165, 1.54) is 6.42 Å². The maximum absolute atomic E-state index is 12.9. The number of para-hydroxylation sites is 1. The largest absolute Gasteiger partial charge is 0.379 e. The third-order valence-corrected chi connectivity index (χ3v) is 5.73. The van der Waals surface area contributed by atoms with E-state index >= 15 is 0 Å². The second-order valence-corrected chi connectivity index (χ2v) is 7.46. The van der Waals surface area contributed by atoms with Crippen LogP contribution in [-0.2, 0) is 14.3 Å². The van der Waals surface area contributed by atoms with Crippen molar-refractivity contribution in [2.75, 3.05) is 31.6 Å². The van der Waals surface area contributed by atoms with Crippen LogP contribution < -0.4 is 5.32 Å². The number of benzene rings is 1. The van der Waals surface area contributed by atoms with Gasteiger partial charge in [0.25, 0.3) is 0 Å². The summed E-state index contributed by atoms with van der Waals surface area (Å²) >= 11 is 0. The van der Waals surface area contributed by atoms with Gasteiger partial charge in [-0.15, -0.1) is 0 Å². The van der Waals surface area contributed by atoms with Gasteiger partial charge >= 0.3 is 0 Å². The average molecular weight is 328 g/mol. The Morgan fingerprint density at radius 2 is 2.17 bits per heavy atom. The van der Waals surface area contributed by atoms with E-state index < -0.39 is 0 Å². The standard InChI is InChI=1S/C19H24N2O3/c22-17-10-14(15-4-1-2-5-16(15)20-17)11-18(23)21-8-9-24-13-19(12-21)6-3-7-19/h1-2,4-5,14H,3,6-13H2,(H,20,22).